The van der Waals surface area contributed by atoms with Crippen molar-refractivity contribution in [2.75, 3.05) is 14.2 Å². The molecule has 0 bridgehead atoms. The predicted octanol–water partition coefficient (Wildman–Crippen LogP) is 2.05. The Balaban J connectivity index is 0.00000256. The summed E-state index contributed by atoms with van der Waals surface area (Å²) in [7, 11) is 2.89. The molecule has 0 aliphatic heterocycles. The summed E-state index contributed by atoms with van der Waals surface area (Å²) >= 11 is 0. The molecule has 0 unspecified atom stereocenters. The first-order chi connectivity index (χ1) is 7.51. The zero-order chi connectivity index (χ0) is 12.3. The largest absolute Gasteiger partial charge is 0.493 e. The second kappa shape index (κ2) is 6.27. The van der Waals surface area contributed by atoms with Crippen LogP contribution in [-0.4, -0.2) is 19.1 Å². The maximum atomic E-state index is 10.8. The van der Waals surface area contributed by atoms with Crippen LogP contribution < -0.4 is 15.2 Å². The van der Waals surface area contributed by atoms with E-state index in [-0.39, 0.29) is 18.1 Å². The fourth-order valence-electron chi connectivity index (χ4n) is 1.41. The summed E-state index contributed by atoms with van der Waals surface area (Å²) in [5.41, 5.74) is 6.02. The van der Waals surface area contributed by atoms with E-state index in [1.807, 2.05) is 0 Å². The van der Waals surface area contributed by atoms with E-state index in [1.54, 1.807) is 6.92 Å². The van der Waals surface area contributed by atoms with Crippen molar-refractivity contribution in [3.8, 4) is 11.5 Å². The Labute approximate surface area is 105 Å². The van der Waals surface area contributed by atoms with Gasteiger partial charge >= 0.3 is 0 Å². The highest BCUT2D eigenvalue weighted by atomic mass is 35.5. The number of nitro groups is 1. The van der Waals surface area contributed by atoms with E-state index in [9.17, 15) is 10.1 Å². The average molecular weight is 263 g/mol. The Morgan fingerprint density at radius 1 is 1.29 bits per heavy atom. The van der Waals surface area contributed by atoms with Gasteiger partial charge in [0.2, 0.25) is 0 Å². The van der Waals surface area contributed by atoms with Crippen LogP contribution in [0.3, 0.4) is 0 Å². The first-order valence-electron chi connectivity index (χ1n) is 4.67. The molecule has 0 saturated carbocycles. The van der Waals surface area contributed by atoms with E-state index < -0.39 is 11.0 Å². The van der Waals surface area contributed by atoms with Gasteiger partial charge < -0.3 is 15.2 Å². The predicted molar refractivity (Wildman–Crippen MR) is 66.1 cm³/mol. The molecule has 96 valence electrons. The summed E-state index contributed by atoms with van der Waals surface area (Å²) in [6.45, 7) is 1.67. The molecule has 2 N–H and O–H groups in total. The van der Waals surface area contributed by atoms with Crippen molar-refractivity contribution in [3.05, 3.63) is 27.8 Å². The van der Waals surface area contributed by atoms with E-state index in [0.29, 0.717) is 17.1 Å². The number of benzene rings is 1. The fraction of sp³-hybridized carbons (Fsp3) is 0.400. The minimum Gasteiger partial charge on any atom is -0.493 e. The maximum absolute atomic E-state index is 10.8. The topological polar surface area (TPSA) is 87.6 Å². The normalized spacial score (nSPS) is 11.3. The smallest absolute Gasteiger partial charge is 0.278 e. The van der Waals surface area contributed by atoms with Crippen LogP contribution in [0.25, 0.3) is 0 Å². The molecule has 0 saturated heterocycles. The van der Waals surface area contributed by atoms with Crippen molar-refractivity contribution in [2.45, 2.75) is 13.0 Å². The number of hydrogen-bond donors (Lipinski definition) is 1. The first kappa shape index (κ1) is 15.5. The third kappa shape index (κ3) is 3.21. The summed E-state index contributed by atoms with van der Waals surface area (Å²) in [5.74, 6) is 0.749. The molecular formula is C10H15ClN2O4. The second-order valence-corrected chi connectivity index (χ2v) is 3.31. The van der Waals surface area contributed by atoms with Gasteiger partial charge in [-0.1, -0.05) is 0 Å². The summed E-state index contributed by atoms with van der Waals surface area (Å²) in [6.07, 6.45) is 0. The van der Waals surface area contributed by atoms with Crippen LogP contribution in [0.4, 0.5) is 5.69 Å². The third-order valence-electron chi connectivity index (χ3n) is 2.22. The summed E-state index contributed by atoms with van der Waals surface area (Å²) in [6, 6.07) is 2.40. The third-order valence-corrected chi connectivity index (χ3v) is 2.22. The van der Waals surface area contributed by atoms with Crippen molar-refractivity contribution in [1.29, 1.82) is 0 Å². The number of halogens is 1. The molecule has 0 heterocycles. The molecule has 0 aromatic heterocycles. The summed E-state index contributed by atoms with van der Waals surface area (Å²) < 4.78 is 10.1. The average Bonchev–Trinajstić information content (AvgIpc) is 2.26. The zero-order valence-electron chi connectivity index (χ0n) is 9.80. The van der Waals surface area contributed by atoms with Gasteiger partial charge in [0.1, 0.15) is 0 Å². The van der Waals surface area contributed by atoms with Crippen molar-refractivity contribution >= 4 is 18.1 Å². The Kier molecular flexibility index (Phi) is 5.70. The highest BCUT2D eigenvalue weighted by molar-refractivity contribution is 5.85. The van der Waals surface area contributed by atoms with E-state index in [0.717, 1.165) is 0 Å². The van der Waals surface area contributed by atoms with E-state index in [4.69, 9.17) is 15.2 Å². The molecule has 1 aromatic rings. The van der Waals surface area contributed by atoms with Gasteiger partial charge in [0.05, 0.1) is 30.8 Å². The quantitative estimate of drug-likeness (QED) is 0.663. The van der Waals surface area contributed by atoms with Crippen LogP contribution >= 0.6 is 12.4 Å². The fourth-order valence-corrected chi connectivity index (χ4v) is 1.41. The van der Waals surface area contributed by atoms with E-state index >= 15 is 0 Å². The van der Waals surface area contributed by atoms with Crippen LogP contribution in [-0.2, 0) is 0 Å². The number of nitrogens with zero attached hydrogens (tertiary/aromatic N) is 1. The summed E-state index contributed by atoms with van der Waals surface area (Å²) in [5, 5.41) is 10.8. The molecule has 0 spiro atoms. The number of nitrogens with two attached hydrogens (primary N) is 1. The monoisotopic (exact) mass is 262 g/mol. The minimum atomic E-state index is -0.485. The van der Waals surface area contributed by atoms with Gasteiger partial charge in [0.15, 0.2) is 11.5 Å². The lowest BCUT2D eigenvalue weighted by Gasteiger charge is -2.12. The molecule has 0 radical (unpaired) electrons. The van der Waals surface area contributed by atoms with Crippen molar-refractivity contribution < 1.29 is 14.4 Å². The van der Waals surface area contributed by atoms with Gasteiger partial charge in [0, 0.05) is 6.04 Å². The molecule has 6 nitrogen and oxygen atoms in total. The van der Waals surface area contributed by atoms with E-state index in [2.05, 4.69) is 0 Å². The maximum Gasteiger partial charge on any atom is 0.278 e. The molecular weight excluding hydrogens is 248 g/mol. The second-order valence-electron chi connectivity index (χ2n) is 3.31. The highest BCUT2D eigenvalue weighted by Gasteiger charge is 2.21. The molecule has 0 amide bonds. The number of ether oxygens (including phenoxy) is 2. The van der Waals surface area contributed by atoms with Crippen LogP contribution in [0.5, 0.6) is 11.5 Å². The number of hydrogen-bond acceptors (Lipinski definition) is 5. The Hall–Kier alpha value is -1.53. The molecule has 1 atom stereocenters. The van der Waals surface area contributed by atoms with Crippen LogP contribution in [0.1, 0.15) is 18.5 Å². The SMILES string of the molecule is COc1cc([C@H](C)N)c([N+](=O)[O-])cc1OC.Cl. The lowest BCUT2D eigenvalue weighted by molar-refractivity contribution is -0.385. The van der Waals surface area contributed by atoms with Crippen molar-refractivity contribution in [2.24, 2.45) is 5.73 Å². The van der Waals surface area contributed by atoms with Crippen molar-refractivity contribution in [3.63, 3.8) is 0 Å². The zero-order valence-corrected chi connectivity index (χ0v) is 10.6. The van der Waals surface area contributed by atoms with Crippen LogP contribution in [0, 0.1) is 10.1 Å². The highest BCUT2D eigenvalue weighted by Crippen LogP contribution is 2.36. The number of rotatable bonds is 4. The van der Waals surface area contributed by atoms with Gasteiger partial charge in [-0.2, -0.15) is 0 Å². The lowest BCUT2D eigenvalue weighted by atomic mass is 10.1. The van der Waals surface area contributed by atoms with Crippen molar-refractivity contribution in [1.82, 2.24) is 0 Å². The molecule has 17 heavy (non-hydrogen) atoms. The Bertz CT molecular complexity index is 410. The lowest BCUT2D eigenvalue weighted by Crippen LogP contribution is -2.09. The molecule has 1 aromatic carbocycles. The molecule has 1 rings (SSSR count). The molecule has 7 heteroatoms. The van der Waals surface area contributed by atoms with E-state index in [1.165, 1.54) is 26.4 Å². The van der Waals surface area contributed by atoms with Gasteiger partial charge in [-0.25, -0.2) is 0 Å². The standard InChI is InChI=1S/C10H14N2O4.ClH/c1-6(11)7-4-9(15-2)10(16-3)5-8(7)12(13)14;/h4-6H,11H2,1-3H3;1H/t6-;/m0./s1. The van der Waals surface area contributed by atoms with Gasteiger partial charge in [-0.15, -0.1) is 12.4 Å². The molecule has 0 aliphatic rings. The summed E-state index contributed by atoms with van der Waals surface area (Å²) in [4.78, 5) is 10.4. The number of methoxy groups -OCH3 is 2. The van der Waals surface area contributed by atoms with Gasteiger partial charge in [-0.05, 0) is 13.0 Å². The Morgan fingerprint density at radius 3 is 2.12 bits per heavy atom. The van der Waals surface area contributed by atoms with Gasteiger partial charge in [0.25, 0.3) is 5.69 Å². The molecule has 0 fully saturated rings. The van der Waals surface area contributed by atoms with Gasteiger partial charge in [-0.3, -0.25) is 10.1 Å². The number of nitro benzene ring substituents is 1. The van der Waals surface area contributed by atoms with Crippen LogP contribution in [0.15, 0.2) is 12.1 Å². The first-order valence-corrected chi connectivity index (χ1v) is 4.67. The van der Waals surface area contributed by atoms with Crippen LogP contribution in [0.2, 0.25) is 0 Å². The Morgan fingerprint density at radius 2 is 1.76 bits per heavy atom. The molecule has 0 aliphatic carbocycles. The minimum absolute atomic E-state index is 0.